The van der Waals surface area contributed by atoms with E-state index in [2.05, 4.69) is 5.32 Å². The minimum Gasteiger partial charge on any atom is -0.481 e. The number of para-hydroxylation sites is 1. The Bertz CT molecular complexity index is 751. The molecule has 0 aromatic heterocycles. The first-order valence-corrected chi connectivity index (χ1v) is 7.92. The van der Waals surface area contributed by atoms with Gasteiger partial charge in [0.2, 0.25) is 0 Å². The van der Waals surface area contributed by atoms with Crippen molar-refractivity contribution in [2.24, 2.45) is 0 Å². The number of nitrogens with one attached hydrogen (secondary N) is 1. The van der Waals surface area contributed by atoms with Gasteiger partial charge in [0.15, 0.2) is 0 Å². The lowest BCUT2D eigenvalue weighted by Crippen LogP contribution is -2.15. The highest BCUT2D eigenvalue weighted by atomic mass is 16.5. The maximum absolute atomic E-state index is 12.5. The van der Waals surface area contributed by atoms with Crippen LogP contribution in [0.25, 0.3) is 0 Å². The lowest BCUT2D eigenvalue weighted by molar-refractivity contribution is -0.136. The fraction of sp³-hybridized carbons (Fsp3) is 0.263. The summed E-state index contributed by atoms with van der Waals surface area (Å²) in [6, 6.07) is 14.5. The van der Waals surface area contributed by atoms with Crippen molar-refractivity contribution in [2.75, 3.05) is 18.5 Å². The van der Waals surface area contributed by atoms with E-state index in [1.165, 1.54) is 0 Å². The zero-order chi connectivity index (χ0) is 16.9. The van der Waals surface area contributed by atoms with Gasteiger partial charge in [-0.25, -0.2) is 0 Å². The molecule has 2 N–H and O–H groups in total. The van der Waals surface area contributed by atoms with E-state index < -0.39 is 5.97 Å². The van der Waals surface area contributed by atoms with E-state index in [-0.39, 0.29) is 12.3 Å². The number of carboxylic acid groups (broad SMARTS) is 1. The highest BCUT2D eigenvalue weighted by Crippen LogP contribution is 2.26. The molecule has 1 fully saturated rings. The monoisotopic (exact) mass is 325 g/mol. The average molecular weight is 325 g/mol. The van der Waals surface area contributed by atoms with Crippen LogP contribution >= 0.6 is 0 Å². The molecule has 1 unspecified atom stereocenters. The van der Waals surface area contributed by atoms with Gasteiger partial charge in [0.25, 0.3) is 5.91 Å². The van der Waals surface area contributed by atoms with E-state index in [4.69, 9.17) is 9.84 Å². The van der Waals surface area contributed by atoms with Crippen molar-refractivity contribution in [1.29, 1.82) is 0 Å². The van der Waals surface area contributed by atoms with Gasteiger partial charge in [0.1, 0.15) is 0 Å². The first kappa shape index (κ1) is 16.2. The van der Waals surface area contributed by atoms with Gasteiger partial charge in [-0.2, -0.15) is 0 Å². The van der Waals surface area contributed by atoms with Crippen LogP contribution < -0.4 is 5.32 Å². The fourth-order valence-electron chi connectivity index (χ4n) is 2.89. The van der Waals surface area contributed by atoms with Crippen molar-refractivity contribution < 1.29 is 19.4 Å². The Hall–Kier alpha value is -2.66. The van der Waals surface area contributed by atoms with Crippen LogP contribution in [-0.2, 0) is 16.0 Å². The summed E-state index contributed by atoms with van der Waals surface area (Å²) in [5.41, 5.74) is 2.77. The summed E-state index contributed by atoms with van der Waals surface area (Å²) in [6.45, 7) is 1.44. The maximum atomic E-state index is 12.5. The van der Waals surface area contributed by atoms with Crippen LogP contribution in [0.2, 0.25) is 0 Å². The standard InChI is InChI=1S/C19H19NO4/c21-18(22)11-14-4-1-2-7-17(14)20-19(23)15-6-3-5-13(10-15)16-8-9-24-12-16/h1-7,10,16H,8-9,11-12H2,(H,20,23)(H,21,22). The number of aliphatic carboxylic acids is 1. The molecular weight excluding hydrogens is 306 g/mol. The smallest absolute Gasteiger partial charge is 0.307 e. The molecule has 124 valence electrons. The molecule has 0 saturated carbocycles. The van der Waals surface area contributed by atoms with Crippen molar-refractivity contribution in [3.63, 3.8) is 0 Å². The number of hydrogen-bond donors (Lipinski definition) is 2. The van der Waals surface area contributed by atoms with E-state index in [1.54, 1.807) is 30.3 Å². The van der Waals surface area contributed by atoms with Gasteiger partial charge in [-0.3, -0.25) is 9.59 Å². The summed E-state index contributed by atoms with van der Waals surface area (Å²) < 4.78 is 5.40. The molecule has 2 aromatic carbocycles. The fourth-order valence-corrected chi connectivity index (χ4v) is 2.89. The van der Waals surface area contributed by atoms with Crippen molar-refractivity contribution in [3.05, 3.63) is 65.2 Å². The summed E-state index contributed by atoms with van der Waals surface area (Å²) in [5, 5.41) is 11.8. The second-order valence-electron chi connectivity index (χ2n) is 5.87. The summed E-state index contributed by atoms with van der Waals surface area (Å²) in [4.78, 5) is 23.5. The quantitative estimate of drug-likeness (QED) is 0.886. The van der Waals surface area contributed by atoms with E-state index in [0.717, 1.165) is 18.6 Å². The molecule has 1 aliphatic rings. The number of anilines is 1. The first-order chi connectivity index (χ1) is 11.6. The number of ether oxygens (including phenoxy) is 1. The minimum absolute atomic E-state index is 0.129. The SMILES string of the molecule is O=C(O)Cc1ccccc1NC(=O)c1cccc(C2CCOC2)c1. The predicted octanol–water partition coefficient (Wildman–Crippen LogP) is 3.07. The predicted molar refractivity (Wildman–Crippen MR) is 90.4 cm³/mol. The number of carbonyl (C=O) groups excluding carboxylic acids is 1. The highest BCUT2D eigenvalue weighted by Gasteiger charge is 2.19. The third kappa shape index (κ3) is 3.81. The molecule has 1 atom stereocenters. The molecule has 1 saturated heterocycles. The van der Waals surface area contributed by atoms with Crippen molar-refractivity contribution in [3.8, 4) is 0 Å². The molecule has 24 heavy (non-hydrogen) atoms. The Labute approximate surface area is 140 Å². The van der Waals surface area contributed by atoms with E-state index >= 15 is 0 Å². The van der Waals surface area contributed by atoms with Gasteiger partial charge < -0.3 is 15.2 Å². The van der Waals surface area contributed by atoms with Crippen LogP contribution in [0.15, 0.2) is 48.5 Å². The topological polar surface area (TPSA) is 75.6 Å². The summed E-state index contributed by atoms with van der Waals surface area (Å²) in [5.74, 6) is -0.842. The van der Waals surface area contributed by atoms with Crippen LogP contribution in [0.5, 0.6) is 0 Å². The second kappa shape index (κ2) is 7.27. The van der Waals surface area contributed by atoms with Crippen LogP contribution in [0.3, 0.4) is 0 Å². The molecule has 1 heterocycles. The molecular formula is C19H19NO4. The normalized spacial score (nSPS) is 16.8. The molecule has 2 aromatic rings. The third-order valence-corrected chi connectivity index (χ3v) is 4.16. The van der Waals surface area contributed by atoms with E-state index in [0.29, 0.717) is 29.3 Å². The lowest BCUT2D eigenvalue weighted by atomic mass is 9.96. The zero-order valence-corrected chi connectivity index (χ0v) is 13.2. The maximum Gasteiger partial charge on any atom is 0.307 e. The number of rotatable bonds is 5. The molecule has 0 bridgehead atoms. The Morgan fingerprint density at radius 1 is 1.17 bits per heavy atom. The molecule has 5 nitrogen and oxygen atoms in total. The van der Waals surface area contributed by atoms with Crippen molar-refractivity contribution >= 4 is 17.6 Å². The number of amides is 1. The van der Waals surface area contributed by atoms with Gasteiger partial charge in [-0.15, -0.1) is 0 Å². The first-order valence-electron chi connectivity index (χ1n) is 7.92. The molecule has 1 aliphatic heterocycles. The molecule has 0 radical (unpaired) electrons. The number of hydrogen-bond acceptors (Lipinski definition) is 3. The van der Waals surface area contributed by atoms with Crippen molar-refractivity contribution in [1.82, 2.24) is 0 Å². The van der Waals surface area contributed by atoms with Gasteiger partial charge in [0, 0.05) is 23.8 Å². The van der Waals surface area contributed by atoms with Crippen LogP contribution in [0, 0.1) is 0 Å². The van der Waals surface area contributed by atoms with Crippen LogP contribution in [-0.4, -0.2) is 30.2 Å². The van der Waals surface area contributed by atoms with Gasteiger partial charge in [0.05, 0.1) is 13.0 Å². The van der Waals surface area contributed by atoms with E-state index in [1.807, 2.05) is 18.2 Å². The Morgan fingerprint density at radius 2 is 2.00 bits per heavy atom. The third-order valence-electron chi connectivity index (χ3n) is 4.16. The summed E-state index contributed by atoms with van der Waals surface area (Å²) in [6.07, 6.45) is 0.836. The van der Waals surface area contributed by atoms with Gasteiger partial charge >= 0.3 is 5.97 Å². The minimum atomic E-state index is -0.931. The van der Waals surface area contributed by atoms with Crippen molar-refractivity contribution in [2.45, 2.75) is 18.8 Å². The summed E-state index contributed by atoms with van der Waals surface area (Å²) >= 11 is 0. The molecule has 3 rings (SSSR count). The molecule has 5 heteroatoms. The van der Waals surface area contributed by atoms with Gasteiger partial charge in [-0.05, 0) is 35.7 Å². The molecule has 1 amide bonds. The molecule has 0 aliphatic carbocycles. The Kier molecular flexibility index (Phi) is 4.91. The number of carboxylic acids is 1. The largest absolute Gasteiger partial charge is 0.481 e. The van der Waals surface area contributed by atoms with Crippen LogP contribution in [0.4, 0.5) is 5.69 Å². The average Bonchev–Trinajstić information content (AvgIpc) is 3.11. The number of benzene rings is 2. The highest BCUT2D eigenvalue weighted by molar-refractivity contribution is 6.05. The van der Waals surface area contributed by atoms with Gasteiger partial charge in [-0.1, -0.05) is 30.3 Å². The Morgan fingerprint density at radius 3 is 2.75 bits per heavy atom. The zero-order valence-electron chi connectivity index (χ0n) is 13.2. The second-order valence-corrected chi connectivity index (χ2v) is 5.87. The molecule has 0 spiro atoms. The summed E-state index contributed by atoms with van der Waals surface area (Å²) in [7, 11) is 0. The lowest BCUT2D eigenvalue weighted by Gasteiger charge is -2.12. The van der Waals surface area contributed by atoms with Crippen LogP contribution in [0.1, 0.15) is 33.8 Å². The van der Waals surface area contributed by atoms with E-state index in [9.17, 15) is 9.59 Å². The number of carbonyl (C=O) groups is 2. The Balaban J connectivity index is 1.78.